The maximum absolute atomic E-state index is 13.7. The van der Waals surface area contributed by atoms with Crippen LogP contribution in [-0.2, 0) is 16.4 Å². The molecule has 0 saturated carbocycles. The molecule has 0 radical (unpaired) electrons. The van der Waals surface area contributed by atoms with Gasteiger partial charge in [0.2, 0.25) is 0 Å². The Hall–Kier alpha value is -0.851. The molecule has 200 valence electrons. The number of rotatable bonds is 15. The summed E-state index contributed by atoms with van der Waals surface area (Å²) in [7, 11) is -3.46. The molecule has 0 aromatic heterocycles. The summed E-state index contributed by atoms with van der Waals surface area (Å²) in [6.07, 6.45) is 8.93. The molecule has 1 aliphatic heterocycles. The molecule has 1 heterocycles. The third-order valence-corrected chi connectivity index (χ3v) is 26.3. The molecule has 0 unspecified atom stereocenters. The van der Waals surface area contributed by atoms with E-state index in [0.29, 0.717) is 29.8 Å². The third kappa shape index (κ3) is 8.07. The minimum absolute atomic E-state index is 0.411. The van der Waals surface area contributed by atoms with E-state index in [2.05, 4.69) is 51.1 Å². The van der Waals surface area contributed by atoms with Gasteiger partial charge in [0.15, 0.2) is 0 Å². The van der Waals surface area contributed by atoms with E-state index in [-0.39, 0.29) is 0 Å². The first-order valence-corrected chi connectivity index (χ1v) is 24.0. The van der Waals surface area contributed by atoms with Crippen LogP contribution in [0, 0.1) is 18.8 Å². The van der Waals surface area contributed by atoms with Crippen molar-refractivity contribution in [3.63, 3.8) is 0 Å². The topological polar surface area (TPSA) is 37.4 Å². The fraction of sp³-hybridized carbons (Fsp3) is 0.613. The van der Waals surface area contributed by atoms with Crippen molar-refractivity contribution >= 4 is 28.4 Å². The number of unbranched alkanes of at least 4 members (excludes halogenated alkanes) is 3. The Bertz CT molecular complexity index is 985. The molecular formula is C31H49NO2SSn. The van der Waals surface area contributed by atoms with Gasteiger partial charge in [0.25, 0.3) is 0 Å². The molecule has 0 aliphatic carbocycles. The zero-order valence-corrected chi connectivity index (χ0v) is 26.9. The molecule has 1 aliphatic rings. The van der Waals surface area contributed by atoms with Crippen molar-refractivity contribution in [3.05, 3.63) is 65.7 Å². The van der Waals surface area contributed by atoms with E-state index in [1.807, 2.05) is 23.4 Å². The van der Waals surface area contributed by atoms with Gasteiger partial charge in [-0.25, -0.2) is 0 Å². The quantitative estimate of drug-likeness (QED) is 0.188. The SMILES string of the molecule is CCC[CH2][Sn]([CH2]CCC)([CH2]CCC)[CH2][C@H]1CN(S(=O)(=O)c2ccc(C)cc2)C[C@@H]1Cc1ccccc1. The van der Waals surface area contributed by atoms with Crippen molar-refractivity contribution in [1.29, 1.82) is 0 Å². The molecule has 36 heavy (non-hydrogen) atoms. The van der Waals surface area contributed by atoms with E-state index in [9.17, 15) is 8.42 Å². The van der Waals surface area contributed by atoms with Gasteiger partial charge in [0.1, 0.15) is 0 Å². The molecule has 2 aromatic carbocycles. The average molecular weight is 619 g/mol. The van der Waals surface area contributed by atoms with Crippen LogP contribution in [0.15, 0.2) is 59.5 Å². The second-order valence-corrected chi connectivity index (χ2v) is 27.3. The molecule has 0 spiro atoms. The minimum atomic E-state index is -3.46. The van der Waals surface area contributed by atoms with Gasteiger partial charge < -0.3 is 0 Å². The Balaban J connectivity index is 1.91. The Morgan fingerprint density at radius 1 is 0.778 bits per heavy atom. The fourth-order valence-electron chi connectivity index (χ4n) is 6.22. The molecule has 0 N–H and O–H groups in total. The zero-order valence-electron chi connectivity index (χ0n) is 23.2. The van der Waals surface area contributed by atoms with E-state index in [1.54, 1.807) is 12.1 Å². The first kappa shape index (κ1) is 29.7. The van der Waals surface area contributed by atoms with Crippen molar-refractivity contribution < 1.29 is 8.42 Å². The first-order valence-electron chi connectivity index (χ1n) is 14.4. The van der Waals surface area contributed by atoms with Crippen LogP contribution in [0.4, 0.5) is 0 Å². The number of benzene rings is 2. The maximum atomic E-state index is 13.7. The molecule has 5 heteroatoms. The van der Waals surface area contributed by atoms with Crippen LogP contribution in [0.1, 0.15) is 70.4 Å². The Labute approximate surface area is 226 Å². The summed E-state index contributed by atoms with van der Waals surface area (Å²) in [5.74, 6) is 0.903. The number of sulfonamides is 1. The van der Waals surface area contributed by atoms with Gasteiger partial charge in [-0.1, -0.05) is 0 Å². The standard InChI is InChI=1S/C19H22NO2S.3C4H9.Sn/c1-15-8-10-19(11-9-15)23(21,22)20-13-16(2)18(14-20)12-17-6-4-3-5-7-17;3*1-3-4-2;/h3-11,16,18H,2,12-14H2,1H3;3*1,3-4H2,2H3;/t16-,18-;;;;/m0..../s1. The van der Waals surface area contributed by atoms with Gasteiger partial charge in [0.05, 0.1) is 0 Å². The second kappa shape index (κ2) is 14.3. The Kier molecular flexibility index (Phi) is 11.8. The van der Waals surface area contributed by atoms with Crippen LogP contribution in [0.3, 0.4) is 0 Å². The molecule has 3 rings (SSSR count). The van der Waals surface area contributed by atoms with Gasteiger partial charge in [-0.3, -0.25) is 0 Å². The first-order chi connectivity index (χ1) is 17.3. The van der Waals surface area contributed by atoms with E-state index in [4.69, 9.17) is 0 Å². The van der Waals surface area contributed by atoms with Crippen molar-refractivity contribution in [1.82, 2.24) is 4.31 Å². The van der Waals surface area contributed by atoms with Gasteiger partial charge in [-0.05, 0) is 0 Å². The van der Waals surface area contributed by atoms with Crippen LogP contribution in [0.2, 0.25) is 17.7 Å². The summed E-state index contributed by atoms with van der Waals surface area (Å²) < 4.78 is 35.1. The van der Waals surface area contributed by atoms with Crippen molar-refractivity contribution in [3.8, 4) is 0 Å². The zero-order chi connectivity index (χ0) is 26.0. The van der Waals surface area contributed by atoms with Gasteiger partial charge >= 0.3 is 227 Å². The van der Waals surface area contributed by atoms with Crippen LogP contribution in [0.5, 0.6) is 0 Å². The molecule has 1 fully saturated rings. The summed E-state index contributed by atoms with van der Waals surface area (Å²) >= 11 is -2.41. The monoisotopic (exact) mass is 619 g/mol. The van der Waals surface area contributed by atoms with E-state index in [1.165, 1.54) is 61.8 Å². The summed E-state index contributed by atoms with van der Waals surface area (Å²) in [5, 5.41) is 0. The van der Waals surface area contributed by atoms with Crippen LogP contribution >= 0.6 is 0 Å². The molecule has 2 atom stereocenters. The van der Waals surface area contributed by atoms with Crippen LogP contribution in [0.25, 0.3) is 0 Å². The molecule has 0 amide bonds. The van der Waals surface area contributed by atoms with E-state index >= 15 is 0 Å². The molecule has 3 nitrogen and oxygen atoms in total. The normalized spacial score (nSPS) is 19.1. The van der Waals surface area contributed by atoms with Crippen LogP contribution < -0.4 is 0 Å². The summed E-state index contributed by atoms with van der Waals surface area (Å²) in [6.45, 7) is 10.4. The predicted octanol–water partition coefficient (Wildman–Crippen LogP) is 8.32. The van der Waals surface area contributed by atoms with Gasteiger partial charge in [-0.2, -0.15) is 0 Å². The van der Waals surface area contributed by atoms with E-state index in [0.717, 1.165) is 12.0 Å². The average Bonchev–Trinajstić information content (AvgIpc) is 3.28. The van der Waals surface area contributed by atoms with E-state index < -0.39 is 28.4 Å². The number of hydrogen-bond donors (Lipinski definition) is 0. The second-order valence-electron chi connectivity index (χ2n) is 11.4. The summed E-state index contributed by atoms with van der Waals surface area (Å²) in [5.41, 5.74) is 2.44. The molecular weight excluding hydrogens is 569 g/mol. The fourth-order valence-corrected chi connectivity index (χ4v) is 25.6. The third-order valence-electron chi connectivity index (χ3n) is 8.42. The molecule has 1 saturated heterocycles. The van der Waals surface area contributed by atoms with Crippen molar-refractivity contribution in [2.75, 3.05) is 13.1 Å². The Morgan fingerprint density at radius 2 is 1.31 bits per heavy atom. The Morgan fingerprint density at radius 3 is 1.83 bits per heavy atom. The predicted molar refractivity (Wildman–Crippen MR) is 157 cm³/mol. The summed E-state index contributed by atoms with van der Waals surface area (Å²) in [4.78, 5) is 0.449. The number of aryl methyl sites for hydroxylation is 1. The van der Waals surface area contributed by atoms with Gasteiger partial charge in [-0.15, -0.1) is 0 Å². The number of hydrogen-bond acceptors (Lipinski definition) is 2. The van der Waals surface area contributed by atoms with Crippen molar-refractivity contribution in [2.24, 2.45) is 11.8 Å². The van der Waals surface area contributed by atoms with Gasteiger partial charge in [0, 0.05) is 0 Å². The van der Waals surface area contributed by atoms with Crippen molar-refractivity contribution in [2.45, 2.75) is 95.3 Å². The summed E-state index contributed by atoms with van der Waals surface area (Å²) in [6, 6.07) is 18.2. The molecule has 2 aromatic rings. The van der Waals surface area contributed by atoms with Crippen LogP contribution in [-0.4, -0.2) is 44.2 Å². The molecule has 0 bridgehead atoms. The number of nitrogens with zero attached hydrogens (tertiary/aromatic N) is 1.